The highest BCUT2D eigenvalue weighted by Gasteiger charge is 2.16. The molecule has 1 aliphatic rings. The number of hydrogen-bond acceptors (Lipinski definition) is 2. The highest BCUT2D eigenvalue weighted by Crippen LogP contribution is 2.25. The minimum absolute atomic E-state index is 0.209. The van der Waals surface area contributed by atoms with Gasteiger partial charge in [0.25, 0.3) is 0 Å². The van der Waals surface area contributed by atoms with E-state index < -0.39 is 0 Å². The monoisotopic (exact) mass is 342 g/mol. The lowest BCUT2D eigenvalue weighted by atomic mass is 10.00. The second kappa shape index (κ2) is 7.45. The van der Waals surface area contributed by atoms with Crippen LogP contribution in [0.3, 0.4) is 0 Å². The molecule has 24 heavy (non-hydrogen) atoms. The molecule has 0 saturated heterocycles. The first kappa shape index (κ1) is 16.5. The van der Waals surface area contributed by atoms with Gasteiger partial charge < -0.3 is 15.0 Å². The molecule has 3 nitrogen and oxygen atoms in total. The van der Waals surface area contributed by atoms with Gasteiger partial charge in [0.2, 0.25) is 0 Å². The van der Waals surface area contributed by atoms with Gasteiger partial charge in [-0.25, -0.2) is 4.39 Å². The molecule has 0 saturated carbocycles. The van der Waals surface area contributed by atoms with E-state index in [1.165, 1.54) is 17.7 Å². The molecule has 0 fully saturated rings. The van der Waals surface area contributed by atoms with Crippen molar-refractivity contribution >= 4 is 28.6 Å². The average Bonchev–Trinajstić information content (AvgIpc) is 2.63. The fraction of sp³-hybridized carbons (Fsp3) is 0.211. The SMILES string of the molecule is COc1ccccc1NC(=S)N1CC=C(c2ccc(F)cc2)CC1. The van der Waals surface area contributed by atoms with Gasteiger partial charge in [0.15, 0.2) is 5.11 Å². The van der Waals surface area contributed by atoms with Crippen molar-refractivity contribution in [2.75, 3.05) is 25.5 Å². The third-order valence-corrected chi connectivity index (χ3v) is 4.42. The number of hydrogen-bond donors (Lipinski definition) is 1. The van der Waals surface area contributed by atoms with E-state index in [-0.39, 0.29) is 5.82 Å². The van der Waals surface area contributed by atoms with Crippen molar-refractivity contribution in [2.24, 2.45) is 0 Å². The highest BCUT2D eigenvalue weighted by atomic mass is 32.1. The lowest BCUT2D eigenvalue weighted by Gasteiger charge is -2.29. The van der Waals surface area contributed by atoms with Gasteiger partial charge in [-0.05, 0) is 54.0 Å². The van der Waals surface area contributed by atoms with E-state index in [0.717, 1.165) is 36.5 Å². The maximum absolute atomic E-state index is 13.0. The van der Waals surface area contributed by atoms with Crippen molar-refractivity contribution in [2.45, 2.75) is 6.42 Å². The summed E-state index contributed by atoms with van der Waals surface area (Å²) < 4.78 is 18.4. The zero-order chi connectivity index (χ0) is 16.9. The molecule has 0 amide bonds. The van der Waals surface area contributed by atoms with Gasteiger partial charge in [-0.1, -0.05) is 30.3 Å². The van der Waals surface area contributed by atoms with E-state index >= 15 is 0 Å². The zero-order valence-corrected chi connectivity index (χ0v) is 14.3. The van der Waals surface area contributed by atoms with Gasteiger partial charge in [0, 0.05) is 13.1 Å². The number of halogens is 1. The van der Waals surface area contributed by atoms with Gasteiger partial charge in [-0.2, -0.15) is 0 Å². The van der Waals surface area contributed by atoms with Crippen LogP contribution in [0.4, 0.5) is 10.1 Å². The molecule has 5 heteroatoms. The second-order valence-corrected chi connectivity index (χ2v) is 5.95. The average molecular weight is 342 g/mol. The van der Waals surface area contributed by atoms with Crippen molar-refractivity contribution in [3.63, 3.8) is 0 Å². The number of ether oxygens (including phenoxy) is 1. The maximum Gasteiger partial charge on any atom is 0.173 e. The standard InChI is InChI=1S/C19H19FN2OS/c1-23-18-5-3-2-4-17(18)21-19(24)22-12-10-15(11-13-22)14-6-8-16(20)9-7-14/h2-10H,11-13H2,1H3,(H,21,24). The van der Waals surface area contributed by atoms with Crippen LogP contribution in [-0.4, -0.2) is 30.2 Å². The van der Waals surface area contributed by atoms with E-state index in [2.05, 4.69) is 16.3 Å². The molecule has 0 aliphatic carbocycles. The van der Waals surface area contributed by atoms with E-state index in [9.17, 15) is 4.39 Å². The van der Waals surface area contributed by atoms with Crippen molar-refractivity contribution < 1.29 is 9.13 Å². The first-order chi connectivity index (χ1) is 11.7. The largest absolute Gasteiger partial charge is 0.495 e. The lowest BCUT2D eigenvalue weighted by molar-refractivity contribution is 0.416. The lowest BCUT2D eigenvalue weighted by Crippen LogP contribution is -2.37. The van der Waals surface area contributed by atoms with Crippen LogP contribution >= 0.6 is 12.2 Å². The molecule has 0 aromatic heterocycles. The Hall–Kier alpha value is -2.40. The summed E-state index contributed by atoms with van der Waals surface area (Å²) in [6.07, 6.45) is 3.02. The van der Waals surface area contributed by atoms with E-state index in [0.29, 0.717) is 5.11 Å². The van der Waals surface area contributed by atoms with E-state index in [4.69, 9.17) is 17.0 Å². The summed E-state index contributed by atoms with van der Waals surface area (Å²) in [5.74, 6) is 0.554. The molecule has 0 radical (unpaired) electrons. The Morgan fingerprint density at radius 1 is 1.17 bits per heavy atom. The summed E-state index contributed by atoms with van der Waals surface area (Å²) >= 11 is 5.52. The summed E-state index contributed by atoms with van der Waals surface area (Å²) in [5, 5.41) is 3.92. The number of nitrogens with zero attached hydrogens (tertiary/aromatic N) is 1. The molecule has 1 N–H and O–H groups in total. The molecule has 2 aromatic rings. The van der Waals surface area contributed by atoms with Crippen LogP contribution in [0, 0.1) is 5.82 Å². The van der Waals surface area contributed by atoms with Crippen LogP contribution in [0.1, 0.15) is 12.0 Å². The van der Waals surface area contributed by atoms with Gasteiger partial charge in [-0.15, -0.1) is 0 Å². The third-order valence-electron chi connectivity index (χ3n) is 4.06. The normalized spacial score (nSPS) is 14.1. The van der Waals surface area contributed by atoms with Gasteiger partial charge in [0.1, 0.15) is 11.6 Å². The molecular formula is C19H19FN2OS. The number of para-hydroxylation sites is 2. The maximum atomic E-state index is 13.0. The predicted molar refractivity (Wildman–Crippen MR) is 99.8 cm³/mol. The Kier molecular flexibility index (Phi) is 5.11. The summed E-state index contributed by atoms with van der Waals surface area (Å²) in [5.41, 5.74) is 3.16. The first-order valence-corrected chi connectivity index (χ1v) is 8.22. The number of thiocarbonyl (C=S) groups is 1. The molecule has 0 unspecified atom stereocenters. The second-order valence-electron chi connectivity index (χ2n) is 5.56. The number of nitrogens with one attached hydrogen (secondary N) is 1. The van der Waals surface area contributed by atoms with E-state index in [1.54, 1.807) is 7.11 Å². The van der Waals surface area contributed by atoms with Crippen molar-refractivity contribution in [3.8, 4) is 5.75 Å². The first-order valence-electron chi connectivity index (χ1n) is 7.81. The molecule has 0 bridgehead atoms. The van der Waals surface area contributed by atoms with Crippen LogP contribution in [0.2, 0.25) is 0 Å². The molecule has 1 heterocycles. The quantitative estimate of drug-likeness (QED) is 0.840. The van der Waals surface area contributed by atoms with E-state index in [1.807, 2.05) is 36.4 Å². The molecule has 0 atom stereocenters. The Bertz CT molecular complexity index is 758. The van der Waals surface area contributed by atoms with Crippen molar-refractivity contribution in [3.05, 3.63) is 66.0 Å². The minimum Gasteiger partial charge on any atom is -0.495 e. The van der Waals surface area contributed by atoms with Gasteiger partial charge in [0.05, 0.1) is 12.8 Å². The van der Waals surface area contributed by atoms with Crippen LogP contribution in [0.25, 0.3) is 5.57 Å². The molecule has 2 aromatic carbocycles. The topological polar surface area (TPSA) is 24.5 Å². The summed E-state index contributed by atoms with van der Waals surface area (Å²) in [6, 6.07) is 14.3. The molecule has 3 rings (SSSR count). The van der Waals surface area contributed by atoms with Gasteiger partial charge in [-0.3, -0.25) is 0 Å². The van der Waals surface area contributed by atoms with Crippen LogP contribution in [0.15, 0.2) is 54.6 Å². The van der Waals surface area contributed by atoms with Crippen LogP contribution in [-0.2, 0) is 0 Å². The summed E-state index contributed by atoms with van der Waals surface area (Å²) in [6.45, 7) is 1.55. The molecular weight excluding hydrogens is 323 g/mol. The number of rotatable bonds is 3. The highest BCUT2D eigenvalue weighted by molar-refractivity contribution is 7.80. The molecule has 124 valence electrons. The third kappa shape index (κ3) is 3.74. The predicted octanol–water partition coefficient (Wildman–Crippen LogP) is 4.32. The Balaban J connectivity index is 1.65. The number of methoxy groups -OCH3 is 1. The van der Waals surface area contributed by atoms with Crippen molar-refractivity contribution in [1.29, 1.82) is 0 Å². The van der Waals surface area contributed by atoms with Gasteiger partial charge >= 0.3 is 0 Å². The number of benzene rings is 2. The van der Waals surface area contributed by atoms with Crippen molar-refractivity contribution in [1.82, 2.24) is 4.90 Å². The Morgan fingerprint density at radius 2 is 1.92 bits per heavy atom. The fourth-order valence-corrected chi connectivity index (χ4v) is 3.00. The minimum atomic E-state index is -0.209. The summed E-state index contributed by atoms with van der Waals surface area (Å²) in [7, 11) is 1.64. The molecule has 0 spiro atoms. The number of anilines is 1. The van der Waals surface area contributed by atoms with Crippen LogP contribution < -0.4 is 10.1 Å². The molecule has 1 aliphatic heterocycles. The van der Waals surface area contributed by atoms with Crippen LogP contribution in [0.5, 0.6) is 5.75 Å². The zero-order valence-electron chi connectivity index (χ0n) is 13.5. The Labute approximate surface area is 146 Å². The Morgan fingerprint density at radius 3 is 2.58 bits per heavy atom. The summed E-state index contributed by atoms with van der Waals surface area (Å²) in [4.78, 5) is 2.11. The smallest absolute Gasteiger partial charge is 0.173 e. The fourth-order valence-electron chi connectivity index (χ4n) is 2.72.